The van der Waals surface area contributed by atoms with Crippen molar-refractivity contribution in [1.82, 2.24) is 16.2 Å². The van der Waals surface area contributed by atoms with Gasteiger partial charge in [-0.2, -0.15) is 0 Å². The van der Waals surface area contributed by atoms with E-state index in [-0.39, 0.29) is 12.8 Å². The van der Waals surface area contributed by atoms with Crippen LogP contribution in [0.1, 0.15) is 28.8 Å². The molecule has 1 aromatic rings. The van der Waals surface area contributed by atoms with Gasteiger partial charge in [-0.15, -0.1) is 0 Å². The monoisotopic (exact) mass is 293 g/mol. The van der Waals surface area contributed by atoms with Crippen LogP contribution in [0.5, 0.6) is 0 Å². The maximum atomic E-state index is 12.2. The van der Waals surface area contributed by atoms with Crippen molar-refractivity contribution in [2.45, 2.75) is 25.8 Å². The number of aryl methyl sites for hydroxylation is 1. The molecule has 1 rings (SSSR count). The van der Waals surface area contributed by atoms with Gasteiger partial charge in [-0.1, -0.05) is 18.2 Å². The van der Waals surface area contributed by atoms with Gasteiger partial charge >= 0.3 is 0 Å². The molecule has 1 aromatic carbocycles. The summed E-state index contributed by atoms with van der Waals surface area (Å²) in [6.07, 6.45) is 0.0757. The first-order chi connectivity index (χ1) is 9.99. The van der Waals surface area contributed by atoms with Crippen LogP contribution in [0.4, 0.5) is 0 Å². The minimum absolute atomic E-state index is 0.0113. The molecule has 0 spiro atoms. The normalized spacial score (nSPS) is 11.4. The lowest BCUT2D eigenvalue weighted by Crippen LogP contribution is -2.49. The highest BCUT2D eigenvalue weighted by Gasteiger charge is 2.22. The molecule has 0 heterocycles. The fourth-order valence-corrected chi connectivity index (χ4v) is 1.78. The first kappa shape index (κ1) is 16.6. The van der Waals surface area contributed by atoms with Gasteiger partial charge < -0.3 is 5.32 Å². The summed E-state index contributed by atoms with van der Waals surface area (Å²) in [5, 5.41) is 2.55. The third kappa shape index (κ3) is 4.86. The Kier molecular flexibility index (Phi) is 6.31. The maximum absolute atomic E-state index is 12.2. The van der Waals surface area contributed by atoms with E-state index in [2.05, 4.69) is 5.32 Å². The number of hydrogen-bond acceptors (Lipinski definition) is 5. The van der Waals surface area contributed by atoms with Crippen molar-refractivity contribution in [3.63, 3.8) is 0 Å². The van der Waals surface area contributed by atoms with Crippen molar-refractivity contribution in [3.8, 4) is 0 Å². The topological polar surface area (TPSA) is 139 Å². The lowest BCUT2D eigenvalue weighted by molar-refractivity contribution is -0.124. The number of hydrogen-bond donors (Lipinski definition) is 5. The molecule has 0 saturated carbocycles. The van der Waals surface area contributed by atoms with Crippen LogP contribution in [0.15, 0.2) is 24.3 Å². The van der Waals surface area contributed by atoms with Crippen LogP contribution in [0.25, 0.3) is 0 Å². The molecule has 7 N–H and O–H groups in total. The average molecular weight is 293 g/mol. The largest absolute Gasteiger partial charge is 0.340 e. The van der Waals surface area contributed by atoms with E-state index in [1.54, 1.807) is 25.1 Å². The lowest BCUT2D eigenvalue weighted by atomic mass is 10.1. The van der Waals surface area contributed by atoms with Crippen LogP contribution in [-0.4, -0.2) is 23.8 Å². The molecule has 0 saturated heterocycles. The molecule has 0 aliphatic rings. The molecule has 1 atom stereocenters. The van der Waals surface area contributed by atoms with Crippen molar-refractivity contribution >= 4 is 17.7 Å². The number of carbonyl (C=O) groups excluding carboxylic acids is 3. The Morgan fingerprint density at radius 1 is 1.14 bits per heavy atom. The number of nitrogens with one attached hydrogen (secondary N) is 3. The van der Waals surface area contributed by atoms with Crippen molar-refractivity contribution in [2.24, 2.45) is 11.7 Å². The number of rotatable bonds is 6. The molecule has 0 unspecified atom stereocenters. The molecule has 0 radical (unpaired) electrons. The Hall–Kier alpha value is -2.45. The van der Waals surface area contributed by atoms with E-state index in [0.29, 0.717) is 5.56 Å². The fraction of sp³-hybridized carbons (Fsp3) is 0.308. The highest BCUT2D eigenvalue weighted by molar-refractivity contribution is 5.98. The standard InChI is InChI=1S/C13H19N5O3/c1-8-4-2-3-5-9(8)12(20)16-10(13(21)18-15)6-7-11(19)17-14/h2-5,10H,6-7,14-15H2,1H3,(H,16,20)(H,17,19)(H,18,21)/t10-/m0/s1. The summed E-state index contributed by atoms with van der Waals surface area (Å²) >= 11 is 0. The van der Waals surface area contributed by atoms with E-state index in [0.717, 1.165) is 5.56 Å². The second-order valence-corrected chi connectivity index (χ2v) is 4.46. The van der Waals surface area contributed by atoms with Gasteiger partial charge in [0.05, 0.1) is 0 Å². The van der Waals surface area contributed by atoms with Gasteiger partial charge in [-0.25, -0.2) is 11.7 Å². The van der Waals surface area contributed by atoms with Crippen LogP contribution in [0.3, 0.4) is 0 Å². The molecule has 8 heteroatoms. The van der Waals surface area contributed by atoms with Gasteiger partial charge in [0.2, 0.25) is 5.91 Å². The fourth-order valence-electron chi connectivity index (χ4n) is 1.78. The maximum Gasteiger partial charge on any atom is 0.256 e. The number of benzene rings is 1. The van der Waals surface area contributed by atoms with Crippen LogP contribution in [0, 0.1) is 6.92 Å². The zero-order valence-corrected chi connectivity index (χ0v) is 11.7. The zero-order valence-electron chi connectivity index (χ0n) is 11.7. The summed E-state index contributed by atoms with van der Waals surface area (Å²) in [5.74, 6) is 8.62. The van der Waals surface area contributed by atoms with Crippen molar-refractivity contribution in [3.05, 3.63) is 35.4 Å². The summed E-state index contributed by atoms with van der Waals surface area (Å²) in [6.45, 7) is 1.79. The quantitative estimate of drug-likeness (QED) is 0.256. The highest BCUT2D eigenvalue weighted by atomic mass is 16.2. The Morgan fingerprint density at radius 2 is 1.81 bits per heavy atom. The van der Waals surface area contributed by atoms with Crippen LogP contribution in [0.2, 0.25) is 0 Å². The molecule has 8 nitrogen and oxygen atoms in total. The number of carbonyl (C=O) groups is 3. The molecule has 0 aliphatic heterocycles. The smallest absolute Gasteiger partial charge is 0.256 e. The van der Waals surface area contributed by atoms with E-state index >= 15 is 0 Å². The Balaban J connectivity index is 2.76. The summed E-state index contributed by atoms with van der Waals surface area (Å²) in [4.78, 5) is 34.9. The molecule has 0 aromatic heterocycles. The van der Waals surface area contributed by atoms with Gasteiger partial charge in [-0.3, -0.25) is 25.2 Å². The SMILES string of the molecule is Cc1ccccc1C(=O)N[C@@H](CCC(=O)NN)C(=O)NN. The summed E-state index contributed by atoms with van der Waals surface area (Å²) in [6, 6.07) is 6.05. The van der Waals surface area contributed by atoms with Crippen LogP contribution in [-0.2, 0) is 9.59 Å². The minimum atomic E-state index is -0.917. The molecule has 0 bridgehead atoms. The molecule has 21 heavy (non-hydrogen) atoms. The van der Waals surface area contributed by atoms with Gasteiger partial charge in [0.1, 0.15) is 6.04 Å². The molecule has 0 aliphatic carbocycles. The van der Waals surface area contributed by atoms with Gasteiger partial charge in [0.15, 0.2) is 0 Å². The molecular formula is C13H19N5O3. The third-order valence-corrected chi connectivity index (χ3v) is 2.97. The van der Waals surface area contributed by atoms with Crippen LogP contribution >= 0.6 is 0 Å². The first-order valence-corrected chi connectivity index (χ1v) is 6.36. The molecular weight excluding hydrogens is 274 g/mol. The molecule has 114 valence electrons. The third-order valence-electron chi connectivity index (χ3n) is 2.97. The van der Waals surface area contributed by atoms with Gasteiger partial charge in [-0.05, 0) is 25.0 Å². The van der Waals surface area contributed by atoms with E-state index in [1.165, 1.54) is 0 Å². The second-order valence-electron chi connectivity index (χ2n) is 4.46. The Labute approximate surface area is 122 Å². The van der Waals surface area contributed by atoms with Crippen molar-refractivity contribution in [1.29, 1.82) is 0 Å². The predicted octanol–water partition coefficient (Wildman–Crippen LogP) is -1.15. The number of hydrazine groups is 2. The van der Waals surface area contributed by atoms with Crippen LogP contribution < -0.4 is 27.9 Å². The lowest BCUT2D eigenvalue weighted by Gasteiger charge is -2.17. The summed E-state index contributed by atoms with van der Waals surface area (Å²) in [7, 11) is 0. The molecule has 0 fully saturated rings. The van der Waals surface area contributed by atoms with Gasteiger partial charge in [0.25, 0.3) is 11.8 Å². The number of nitrogens with two attached hydrogens (primary N) is 2. The highest BCUT2D eigenvalue weighted by Crippen LogP contribution is 2.08. The van der Waals surface area contributed by atoms with Gasteiger partial charge in [0, 0.05) is 12.0 Å². The molecule has 3 amide bonds. The number of amides is 3. The van der Waals surface area contributed by atoms with Crippen molar-refractivity contribution < 1.29 is 14.4 Å². The van der Waals surface area contributed by atoms with E-state index in [4.69, 9.17) is 11.7 Å². The zero-order chi connectivity index (χ0) is 15.8. The average Bonchev–Trinajstić information content (AvgIpc) is 2.50. The second kappa shape index (κ2) is 7.98. The van der Waals surface area contributed by atoms with E-state index < -0.39 is 23.8 Å². The summed E-state index contributed by atoms with van der Waals surface area (Å²) in [5.41, 5.74) is 5.15. The Morgan fingerprint density at radius 3 is 2.38 bits per heavy atom. The first-order valence-electron chi connectivity index (χ1n) is 6.36. The summed E-state index contributed by atoms with van der Waals surface area (Å²) < 4.78 is 0. The Bertz CT molecular complexity index is 532. The van der Waals surface area contributed by atoms with E-state index in [1.807, 2.05) is 16.9 Å². The minimum Gasteiger partial charge on any atom is -0.340 e. The van der Waals surface area contributed by atoms with Crippen molar-refractivity contribution in [2.75, 3.05) is 0 Å². The predicted molar refractivity (Wildman–Crippen MR) is 76.3 cm³/mol. The van der Waals surface area contributed by atoms with E-state index in [9.17, 15) is 14.4 Å².